The Morgan fingerprint density at radius 1 is 0.844 bits per heavy atom. The molecule has 0 aliphatic rings. The zero-order valence-electron chi connectivity index (χ0n) is 16.8. The minimum Gasteiger partial charge on any atom is -0.383 e. The minimum atomic E-state index is 0.419. The predicted octanol–water partition coefficient (Wildman–Crippen LogP) is 5.98. The normalized spacial score (nSPS) is 11.1. The molecule has 3 aromatic carbocycles. The Morgan fingerprint density at radius 2 is 1.56 bits per heavy atom. The fourth-order valence-electron chi connectivity index (χ4n) is 3.49. The highest BCUT2D eigenvalue weighted by Gasteiger charge is 2.19. The molecule has 0 amide bonds. The van der Waals surface area contributed by atoms with Crippen LogP contribution in [0.2, 0.25) is 10.0 Å². The lowest BCUT2D eigenvalue weighted by molar-refractivity contribution is 0.899. The maximum absolute atomic E-state index is 6.54. The Balaban J connectivity index is 1.65. The van der Waals surface area contributed by atoms with E-state index in [2.05, 4.69) is 15.4 Å². The van der Waals surface area contributed by atoms with E-state index in [9.17, 15) is 0 Å². The molecule has 2 heterocycles. The summed E-state index contributed by atoms with van der Waals surface area (Å²) in [5, 5.41) is 9.51. The molecule has 0 spiro atoms. The van der Waals surface area contributed by atoms with Gasteiger partial charge in [-0.15, -0.1) is 5.10 Å². The molecular formula is C24H18Cl2N6. The maximum Gasteiger partial charge on any atom is 0.225 e. The Bertz CT molecular complexity index is 1400. The lowest BCUT2D eigenvalue weighted by Gasteiger charge is -2.09. The first-order valence-electron chi connectivity index (χ1n) is 9.95. The lowest BCUT2D eigenvalue weighted by Crippen LogP contribution is -2.05. The summed E-state index contributed by atoms with van der Waals surface area (Å²) in [6, 6.07) is 25.1. The van der Waals surface area contributed by atoms with Crippen molar-refractivity contribution in [3.05, 3.63) is 94.5 Å². The number of halogens is 2. The van der Waals surface area contributed by atoms with E-state index in [0.29, 0.717) is 50.8 Å². The molecule has 158 valence electrons. The van der Waals surface area contributed by atoms with E-state index in [4.69, 9.17) is 33.9 Å². The molecule has 32 heavy (non-hydrogen) atoms. The highest BCUT2D eigenvalue weighted by molar-refractivity contribution is 6.42. The van der Waals surface area contributed by atoms with E-state index in [1.807, 2.05) is 60.7 Å². The van der Waals surface area contributed by atoms with Crippen LogP contribution in [0.3, 0.4) is 0 Å². The summed E-state index contributed by atoms with van der Waals surface area (Å²) < 4.78 is 1.61. The van der Waals surface area contributed by atoms with Gasteiger partial charge in [0.05, 0.1) is 26.8 Å². The van der Waals surface area contributed by atoms with Crippen LogP contribution in [0.15, 0.2) is 78.9 Å². The zero-order chi connectivity index (χ0) is 22.1. The van der Waals surface area contributed by atoms with Crippen molar-refractivity contribution in [2.24, 2.45) is 0 Å². The van der Waals surface area contributed by atoms with Gasteiger partial charge in [-0.3, -0.25) is 0 Å². The quantitative estimate of drug-likeness (QED) is 0.336. The molecule has 5 rings (SSSR count). The van der Waals surface area contributed by atoms with Crippen LogP contribution in [-0.2, 0) is 6.54 Å². The molecule has 8 heteroatoms. The Labute approximate surface area is 194 Å². The molecule has 3 N–H and O–H groups in total. The van der Waals surface area contributed by atoms with Gasteiger partial charge in [-0.05, 0) is 23.8 Å². The zero-order valence-corrected chi connectivity index (χ0v) is 18.3. The molecule has 0 atom stereocenters. The summed E-state index contributed by atoms with van der Waals surface area (Å²) in [7, 11) is 0. The van der Waals surface area contributed by atoms with Crippen LogP contribution in [0.5, 0.6) is 0 Å². The standard InChI is InChI=1S/C24H18Cl2N6/c25-18-12-11-17(13-19(18)26)32-22(27)20-21(16-9-5-2-6-10-16)29-24(30-23(20)31-32)28-14-15-7-3-1-4-8-15/h1-13H,14,27H2,(H,28,30,31). The van der Waals surface area contributed by atoms with Crippen molar-refractivity contribution in [1.82, 2.24) is 19.7 Å². The number of nitrogens with one attached hydrogen (secondary N) is 1. The molecule has 0 saturated heterocycles. The van der Waals surface area contributed by atoms with E-state index >= 15 is 0 Å². The van der Waals surface area contributed by atoms with Crippen LogP contribution in [0.1, 0.15) is 5.56 Å². The van der Waals surface area contributed by atoms with Gasteiger partial charge in [0, 0.05) is 12.1 Å². The topological polar surface area (TPSA) is 81.7 Å². The summed E-state index contributed by atoms with van der Waals surface area (Å²) in [5.41, 5.74) is 10.5. The van der Waals surface area contributed by atoms with Gasteiger partial charge in [0.25, 0.3) is 0 Å². The summed E-state index contributed by atoms with van der Waals surface area (Å²) in [4.78, 5) is 9.41. The number of hydrogen-bond acceptors (Lipinski definition) is 5. The van der Waals surface area contributed by atoms with Gasteiger partial charge in [0.2, 0.25) is 5.95 Å². The number of nitrogens with zero attached hydrogens (tertiary/aromatic N) is 4. The first-order valence-corrected chi connectivity index (χ1v) is 10.7. The number of nitrogen functional groups attached to an aromatic ring is 1. The smallest absolute Gasteiger partial charge is 0.225 e. The van der Waals surface area contributed by atoms with Crippen molar-refractivity contribution >= 4 is 46.0 Å². The highest BCUT2D eigenvalue weighted by atomic mass is 35.5. The van der Waals surface area contributed by atoms with E-state index in [-0.39, 0.29) is 0 Å². The summed E-state index contributed by atoms with van der Waals surface area (Å²) in [6.45, 7) is 0.587. The predicted molar refractivity (Wildman–Crippen MR) is 130 cm³/mol. The minimum absolute atomic E-state index is 0.419. The van der Waals surface area contributed by atoms with Gasteiger partial charge in [-0.25, -0.2) is 9.67 Å². The third-order valence-electron chi connectivity index (χ3n) is 5.06. The average Bonchev–Trinajstić information content (AvgIpc) is 3.16. The van der Waals surface area contributed by atoms with Crippen molar-refractivity contribution in [3.63, 3.8) is 0 Å². The number of rotatable bonds is 5. The van der Waals surface area contributed by atoms with Crippen molar-refractivity contribution in [3.8, 4) is 16.9 Å². The number of fused-ring (bicyclic) bond motifs is 1. The molecule has 0 unspecified atom stereocenters. The van der Waals surface area contributed by atoms with Gasteiger partial charge in [0.1, 0.15) is 5.82 Å². The second-order valence-electron chi connectivity index (χ2n) is 7.20. The monoisotopic (exact) mass is 460 g/mol. The second kappa shape index (κ2) is 8.49. The molecular weight excluding hydrogens is 443 g/mol. The third-order valence-corrected chi connectivity index (χ3v) is 5.80. The fraction of sp³-hybridized carbons (Fsp3) is 0.0417. The van der Waals surface area contributed by atoms with Gasteiger partial charge in [0.15, 0.2) is 5.65 Å². The lowest BCUT2D eigenvalue weighted by atomic mass is 10.1. The maximum atomic E-state index is 6.54. The van der Waals surface area contributed by atoms with E-state index in [1.165, 1.54) is 0 Å². The van der Waals surface area contributed by atoms with E-state index in [1.54, 1.807) is 22.9 Å². The number of hydrogen-bond donors (Lipinski definition) is 2. The molecule has 0 saturated carbocycles. The van der Waals surface area contributed by atoms with Crippen LogP contribution in [-0.4, -0.2) is 19.7 Å². The van der Waals surface area contributed by atoms with Crippen molar-refractivity contribution in [2.45, 2.75) is 6.54 Å². The molecule has 2 aromatic heterocycles. The van der Waals surface area contributed by atoms with Crippen molar-refractivity contribution in [1.29, 1.82) is 0 Å². The Hall–Kier alpha value is -3.61. The Morgan fingerprint density at radius 3 is 2.28 bits per heavy atom. The first kappa shape index (κ1) is 20.3. The van der Waals surface area contributed by atoms with Gasteiger partial charge >= 0.3 is 0 Å². The van der Waals surface area contributed by atoms with Gasteiger partial charge < -0.3 is 11.1 Å². The van der Waals surface area contributed by atoms with E-state index in [0.717, 1.165) is 11.1 Å². The number of benzene rings is 3. The molecule has 6 nitrogen and oxygen atoms in total. The summed E-state index contributed by atoms with van der Waals surface area (Å²) in [6.07, 6.45) is 0. The summed E-state index contributed by atoms with van der Waals surface area (Å²) in [5.74, 6) is 0.894. The molecule has 0 aliphatic carbocycles. The SMILES string of the molecule is Nc1c2c(-c3ccccc3)nc(NCc3ccccc3)nc2nn1-c1ccc(Cl)c(Cl)c1. The van der Waals surface area contributed by atoms with Crippen LogP contribution in [0.25, 0.3) is 28.0 Å². The second-order valence-corrected chi connectivity index (χ2v) is 8.01. The third kappa shape index (κ3) is 3.86. The van der Waals surface area contributed by atoms with Crippen LogP contribution < -0.4 is 11.1 Å². The van der Waals surface area contributed by atoms with Crippen molar-refractivity contribution in [2.75, 3.05) is 11.1 Å². The summed E-state index contributed by atoms with van der Waals surface area (Å²) >= 11 is 12.3. The number of nitrogens with two attached hydrogens (primary N) is 1. The van der Waals surface area contributed by atoms with Crippen LogP contribution in [0.4, 0.5) is 11.8 Å². The fourth-order valence-corrected chi connectivity index (χ4v) is 3.78. The highest BCUT2D eigenvalue weighted by Crippen LogP contribution is 2.34. The molecule has 0 bridgehead atoms. The molecule has 0 radical (unpaired) electrons. The van der Waals surface area contributed by atoms with Crippen LogP contribution in [0, 0.1) is 0 Å². The van der Waals surface area contributed by atoms with Gasteiger partial charge in [-0.2, -0.15) is 4.98 Å². The average molecular weight is 461 g/mol. The van der Waals surface area contributed by atoms with Crippen LogP contribution >= 0.6 is 23.2 Å². The number of anilines is 2. The van der Waals surface area contributed by atoms with Gasteiger partial charge in [-0.1, -0.05) is 83.9 Å². The van der Waals surface area contributed by atoms with Crippen molar-refractivity contribution < 1.29 is 0 Å². The largest absolute Gasteiger partial charge is 0.383 e. The van der Waals surface area contributed by atoms with E-state index < -0.39 is 0 Å². The number of aromatic nitrogens is 4. The first-order chi connectivity index (χ1) is 15.6. The molecule has 0 aliphatic heterocycles. The molecule has 0 fully saturated rings. The Kier molecular flexibility index (Phi) is 5.39. The molecule has 5 aromatic rings.